The summed E-state index contributed by atoms with van der Waals surface area (Å²) in [6.07, 6.45) is 10.9. The Kier molecular flexibility index (Phi) is 4.43. The zero-order valence-corrected chi connectivity index (χ0v) is 10.7. The molecular formula is C14H26N2O. The van der Waals surface area contributed by atoms with E-state index in [9.17, 15) is 4.79 Å². The molecule has 2 aliphatic rings. The largest absolute Gasteiger partial charge is 0.369 e. The second-order valence-electron chi connectivity index (χ2n) is 6.14. The molecule has 1 amide bonds. The zero-order valence-electron chi connectivity index (χ0n) is 10.7. The summed E-state index contributed by atoms with van der Waals surface area (Å²) in [7, 11) is 0. The lowest BCUT2D eigenvalue weighted by Crippen LogP contribution is -2.30. The first kappa shape index (κ1) is 12.9. The number of rotatable bonds is 3. The standard InChI is InChI=1S/C14H26N2O/c15-13-7-3-11(4-8-13)9-10-1-5-12(6-2-10)14(16)17/h10-13H,1-9,15H2,(H2,16,17). The maximum Gasteiger partial charge on any atom is 0.220 e. The van der Waals surface area contributed by atoms with Gasteiger partial charge >= 0.3 is 0 Å². The Labute approximate surface area is 104 Å². The first-order chi connectivity index (χ1) is 8.15. The van der Waals surface area contributed by atoms with Crippen molar-refractivity contribution in [1.29, 1.82) is 0 Å². The topological polar surface area (TPSA) is 69.1 Å². The molecule has 3 nitrogen and oxygen atoms in total. The Morgan fingerprint density at radius 1 is 0.882 bits per heavy atom. The van der Waals surface area contributed by atoms with Crippen molar-refractivity contribution in [2.75, 3.05) is 0 Å². The number of nitrogens with two attached hydrogens (primary N) is 2. The highest BCUT2D eigenvalue weighted by Gasteiger charge is 2.27. The molecule has 2 saturated carbocycles. The van der Waals surface area contributed by atoms with Crippen LogP contribution in [-0.2, 0) is 4.79 Å². The van der Waals surface area contributed by atoms with Gasteiger partial charge in [-0.1, -0.05) is 0 Å². The Morgan fingerprint density at radius 2 is 1.35 bits per heavy atom. The SMILES string of the molecule is NC(=O)C1CCC(CC2CCC(N)CC2)CC1. The molecule has 0 heterocycles. The quantitative estimate of drug-likeness (QED) is 0.791. The van der Waals surface area contributed by atoms with Crippen molar-refractivity contribution in [3.8, 4) is 0 Å². The molecule has 0 aromatic rings. The van der Waals surface area contributed by atoms with Crippen LogP contribution in [0.1, 0.15) is 57.8 Å². The molecule has 0 radical (unpaired) electrons. The summed E-state index contributed by atoms with van der Waals surface area (Å²) in [6.45, 7) is 0. The normalized spacial score (nSPS) is 38.9. The third-order valence-electron chi connectivity index (χ3n) is 4.81. The van der Waals surface area contributed by atoms with Crippen LogP contribution in [0.4, 0.5) is 0 Å². The van der Waals surface area contributed by atoms with E-state index < -0.39 is 0 Å². The van der Waals surface area contributed by atoms with E-state index in [2.05, 4.69) is 0 Å². The molecule has 2 rings (SSSR count). The lowest BCUT2D eigenvalue weighted by Gasteiger charge is -2.32. The van der Waals surface area contributed by atoms with Crippen LogP contribution >= 0.6 is 0 Å². The molecule has 0 aliphatic heterocycles. The lowest BCUT2D eigenvalue weighted by molar-refractivity contribution is -0.123. The molecule has 98 valence electrons. The summed E-state index contributed by atoms with van der Waals surface area (Å²) in [5, 5.41) is 0. The van der Waals surface area contributed by atoms with Crippen molar-refractivity contribution in [3.63, 3.8) is 0 Å². The van der Waals surface area contributed by atoms with Gasteiger partial charge in [-0.25, -0.2) is 0 Å². The average molecular weight is 238 g/mol. The van der Waals surface area contributed by atoms with E-state index in [1.165, 1.54) is 44.9 Å². The van der Waals surface area contributed by atoms with Gasteiger partial charge in [0.25, 0.3) is 0 Å². The second-order valence-corrected chi connectivity index (χ2v) is 6.14. The Balaban J connectivity index is 1.69. The number of hydrogen-bond acceptors (Lipinski definition) is 2. The van der Waals surface area contributed by atoms with Crippen LogP contribution in [0.5, 0.6) is 0 Å². The van der Waals surface area contributed by atoms with Crippen molar-refractivity contribution >= 4 is 5.91 Å². The summed E-state index contributed by atoms with van der Waals surface area (Å²) in [5.41, 5.74) is 11.3. The van der Waals surface area contributed by atoms with E-state index in [1.54, 1.807) is 0 Å². The van der Waals surface area contributed by atoms with Crippen LogP contribution in [0, 0.1) is 17.8 Å². The maximum atomic E-state index is 11.1. The highest BCUT2D eigenvalue weighted by molar-refractivity contribution is 5.76. The first-order valence-electron chi connectivity index (χ1n) is 7.20. The highest BCUT2D eigenvalue weighted by Crippen LogP contribution is 2.36. The third-order valence-corrected chi connectivity index (χ3v) is 4.81. The van der Waals surface area contributed by atoms with E-state index in [1.807, 2.05) is 0 Å². The van der Waals surface area contributed by atoms with Gasteiger partial charge in [-0.15, -0.1) is 0 Å². The van der Waals surface area contributed by atoms with Crippen LogP contribution in [0.2, 0.25) is 0 Å². The molecular weight excluding hydrogens is 212 g/mol. The molecule has 0 aromatic heterocycles. The molecule has 0 bridgehead atoms. The summed E-state index contributed by atoms with van der Waals surface area (Å²) in [4.78, 5) is 11.1. The van der Waals surface area contributed by atoms with E-state index in [-0.39, 0.29) is 11.8 Å². The van der Waals surface area contributed by atoms with Gasteiger partial charge in [0.2, 0.25) is 5.91 Å². The van der Waals surface area contributed by atoms with Crippen molar-refractivity contribution in [3.05, 3.63) is 0 Å². The van der Waals surface area contributed by atoms with Gasteiger partial charge in [0.1, 0.15) is 0 Å². The van der Waals surface area contributed by atoms with Crippen LogP contribution in [-0.4, -0.2) is 11.9 Å². The van der Waals surface area contributed by atoms with Gasteiger partial charge in [-0.2, -0.15) is 0 Å². The average Bonchev–Trinajstić information content (AvgIpc) is 2.33. The van der Waals surface area contributed by atoms with Crippen LogP contribution in [0.25, 0.3) is 0 Å². The molecule has 4 N–H and O–H groups in total. The number of hydrogen-bond donors (Lipinski definition) is 2. The van der Waals surface area contributed by atoms with Gasteiger partial charge in [-0.05, 0) is 69.6 Å². The molecule has 0 atom stereocenters. The fraction of sp³-hybridized carbons (Fsp3) is 0.929. The van der Waals surface area contributed by atoms with Crippen molar-refractivity contribution < 1.29 is 4.79 Å². The van der Waals surface area contributed by atoms with Gasteiger partial charge in [-0.3, -0.25) is 4.79 Å². The first-order valence-corrected chi connectivity index (χ1v) is 7.20. The fourth-order valence-electron chi connectivity index (χ4n) is 3.58. The summed E-state index contributed by atoms with van der Waals surface area (Å²) in [6, 6.07) is 0.455. The van der Waals surface area contributed by atoms with E-state index in [0.29, 0.717) is 6.04 Å². The van der Waals surface area contributed by atoms with Gasteiger partial charge in [0.05, 0.1) is 0 Å². The van der Waals surface area contributed by atoms with E-state index in [0.717, 1.165) is 24.7 Å². The van der Waals surface area contributed by atoms with Crippen LogP contribution in [0.15, 0.2) is 0 Å². The van der Waals surface area contributed by atoms with E-state index >= 15 is 0 Å². The number of amides is 1. The molecule has 0 aromatic carbocycles. The van der Waals surface area contributed by atoms with Crippen molar-refractivity contribution in [2.24, 2.45) is 29.2 Å². The minimum atomic E-state index is -0.0907. The predicted molar refractivity (Wildman–Crippen MR) is 69.2 cm³/mol. The van der Waals surface area contributed by atoms with Gasteiger partial charge in [0.15, 0.2) is 0 Å². The molecule has 2 aliphatic carbocycles. The third kappa shape index (κ3) is 3.70. The molecule has 17 heavy (non-hydrogen) atoms. The summed E-state index contributed by atoms with van der Waals surface area (Å²) < 4.78 is 0. The van der Waals surface area contributed by atoms with Gasteiger partial charge < -0.3 is 11.5 Å². The fourth-order valence-corrected chi connectivity index (χ4v) is 3.58. The van der Waals surface area contributed by atoms with Gasteiger partial charge in [0, 0.05) is 12.0 Å². The predicted octanol–water partition coefficient (Wildman–Crippen LogP) is 2.19. The molecule has 3 heteroatoms. The minimum absolute atomic E-state index is 0.0907. The summed E-state index contributed by atoms with van der Waals surface area (Å²) in [5.74, 6) is 1.80. The summed E-state index contributed by atoms with van der Waals surface area (Å²) >= 11 is 0. The smallest absolute Gasteiger partial charge is 0.220 e. The van der Waals surface area contributed by atoms with Crippen LogP contribution < -0.4 is 11.5 Å². The number of primary amides is 1. The molecule has 2 fully saturated rings. The Hall–Kier alpha value is -0.570. The zero-order chi connectivity index (χ0) is 12.3. The Bertz CT molecular complexity index is 251. The van der Waals surface area contributed by atoms with Crippen molar-refractivity contribution in [1.82, 2.24) is 0 Å². The Morgan fingerprint density at radius 3 is 1.82 bits per heavy atom. The minimum Gasteiger partial charge on any atom is -0.369 e. The van der Waals surface area contributed by atoms with Crippen molar-refractivity contribution in [2.45, 2.75) is 63.8 Å². The second kappa shape index (κ2) is 5.85. The molecule has 0 saturated heterocycles. The van der Waals surface area contributed by atoms with E-state index in [4.69, 9.17) is 11.5 Å². The maximum absolute atomic E-state index is 11.1. The number of carbonyl (C=O) groups is 1. The molecule has 0 spiro atoms. The van der Waals surface area contributed by atoms with Crippen LogP contribution in [0.3, 0.4) is 0 Å². The highest BCUT2D eigenvalue weighted by atomic mass is 16.1. The lowest BCUT2D eigenvalue weighted by atomic mass is 9.74. The monoisotopic (exact) mass is 238 g/mol. The molecule has 0 unspecified atom stereocenters. The number of carbonyl (C=O) groups excluding carboxylic acids is 1.